The van der Waals surface area contributed by atoms with E-state index in [1.165, 1.54) is 6.07 Å². The molecule has 0 aliphatic carbocycles. The third-order valence-corrected chi connectivity index (χ3v) is 2.38. The first-order valence-electron chi connectivity index (χ1n) is 3.59. The van der Waals surface area contributed by atoms with Crippen LogP contribution in [0.3, 0.4) is 0 Å². The highest BCUT2D eigenvalue weighted by molar-refractivity contribution is 6.41. The fraction of sp³-hybridized carbons (Fsp3) is 0. The Morgan fingerprint density at radius 3 is 2.77 bits per heavy atom. The molecule has 13 heavy (non-hydrogen) atoms. The van der Waals surface area contributed by atoms with Crippen molar-refractivity contribution in [1.82, 2.24) is 4.98 Å². The Balaban J connectivity index is 2.89. The summed E-state index contributed by atoms with van der Waals surface area (Å²) in [5.74, 6) is -0.393. The highest BCUT2D eigenvalue weighted by Gasteiger charge is 2.05. The van der Waals surface area contributed by atoms with Gasteiger partial charge in [-0.15, -0.1) is 0 Å². The van der Waals surface area contributed by atoms with Crippen LogP contribution in [0.4, 0.5) is 4.39 Å². The van der Waals surface area contributed by atoms with Crippen molar-refractivity contribution in [2.45, 2.75) is 0 Å². The summed E-state index contributed by atoms with van der Waals surface area (Å²) in [5, 5.41) is 1.11. The van der Waals surface area contributed by atoms with E-state index in [9.17, 15) is 4.39 Å². The monoisotopic (exact) mass is 215 g/mol. The Morgan fingerprint density at radius 2 is 2.00 bits per heavy atom. The molecule has 1 aromatic carbocycles. The quantitative estimate of drug-likeness (QED) is 0.612. The summed E-state index contributed by atoms with van der Waals surface area (Å²) in [6.07, 6.45) is 0. The number of aromatic nitrogens is 1. The zero-order valence-corrected chi connectivity index (χ0v) is 7.90. The summed E-state index contributed by atoms with van der Waals surface area (Å²) >= 11 is 11.4. The average Bonchev–Trinajstić information content (AvgIpc) is 2.09. The summed E-state index contributed by atoms with van der Waals surface area (Å²) in [5.41, 5.74) is 0.247. The number of hydrogen-bond acceptors (Lipinski definition) is 1. The molecule has 1 aromatic heterocycles. The van der Waals surface area contributed by atoms with Crippen molar-refractivity contribution in [2.24, 2.45) is 0 Å². The van der Waals surface area contributed by atoms with Crippen LogP contribution < -0.4 is 0 Å². The van der Waals surface area contributed by atoms with Crippen molar-refractivity contribution in [3.63, 3.8) is 0 Å². The predicted molar refractivity (Wildman–Crippen MR) is 51.7 cm³/mol. The molecule has 0 spiro atoms. The molecule has 66 valence electrons. The number of para-hydroxylation sites is 1. The Morgan fingerprint density at radius 1 is 1.23 bits per heavy atom. The van der Waals surface area contributed by atoms with Crippen LogP contribution >= 0.6 is 23.2 Å². The average molecular weight is 216 g/mol. The molecule has 0 radical (unpaired) electrons. The predicted octanol–water partition coefficient (Wildman–Crippen LogP) is 3.68. The van der Waals surface area contributed by atoms with Gasteiger partial charge in [-0.25, -0.2) is 9.37 Å². The lowest BCUT2D eigenvalue weighted by molar-refractivity contribution is 0.637. The number of nitrogens with zero attached hydrogens (tertiary/aromatic N) is 1. The summed E-state index contributed by atoms with van der Waals surface area (Å²) < 4.78 is 13.1. The van der Waals surface area contributed by atoms with Crippen molar-refractivity contribution >= 4 is 34.1 Å². The Bertz CT molecular complexity index is 470. The van der Waals surface area contributed by atoms with Crippen molar-refractivity contribution < 1.29 is 4.39 Å². The van der Waals surface area contributed by atoms with Crippen molar-refractivity contribution in [2.75, 3.05) is 0 Å². The van der Waals surface area contributed by atoms with E-state index in [0.717, 1.165) is 0 Å². The van der Waals surface area contributed by atoms with Gasteiger partial charge in [0.25, 0.3) is 0 Å². The number of halogens is 3. The highest BCUT2D eigenvalue weighted by Crippen LogP contribution is 2.25. The van der Waals surface area contributed by atoms with E-state index in [4.69, 9.17) is 23.2 Å². The second-order valence-corrected chi connectivity index (χ2v) is 3.34. The van der Waals surface area contributed by atoms with Gasteiger partial charge < -0.3 is 0 Å². The molecule has 0 saturated heterocycles. The molecule has 1 heterocycles. The van der Waals surface area contributed by atoms with Crippen LogP contribution in [0.5, 0.6) is 0 Å². The second-order valence-electron chi connectivity index (χ2n) is 2.57. The van der Waals surface area contributed by atoms with E-state index in [1.807, 2.05) is 0 Å². The third kappa shape index (κ3) is 1.47. The largest absolute Gasteiger partial charge is 0.231 e. The van der Waals surface area contributed by atoms with E-state index in [1.54, 1.807) is 18.2 Å². The first-order valence-corrected chi connectivity index (χ1v) is 4.34. The minimum Gasteiger partial charge on any atom is -0.231 e. The van der Waals surface area contributed by atoms with Gasteiger partial charge in [0.2, 0.25) is 0 Å². The van der Waals surface area contributed by atoms with Crippen LogP contribution in [0, 0.1) is 5.82 Å². The number of rotatable bonds is 0. The Hall–Kier alpha value is -0.860. The molecule has 4 heteroatoms. The lowest BCUT2D eigenvalue weighted by Crippen LogP contribution is -1.85. The van der Waals surface area contributed by atoms with Crippen LogP contribution in [-0.2, 0) is 0 Å². The fourth-order valence-corrected chi connectivity index (χ4v) is 1.41. The van der Waals surface area contributed by atoms with Gasteiger partial charge in [0.1, 0.15) is 16.5 Å². The minimum atomic E-state index is -0.393. The summed E-state index contributed by atoms with van der Waals surface area (Å²) in [6.45, 7) is 0. The van der Waals surface area contributed by atoms with Crippen molar-refractivity contribution in [1.29, 1.82) is 0 Å². The van der Waals surface area contributed by atoms with Crippen LogP contribution in [-0.4, -0.2) is 4.98 Å². The van der Waals surface area contributed by atoms with Crippen molar-refractivity contribution in [3.8, 4) is 0 Å². The van der Waals surface area contributed by atoms with Gasteiger partial charge in [-0.2, -0.15) is 0 Å². The van der Waals surface area contributed by atoms with Crippen LogP contribution in [0.15, 0.2) is 24.3 Å². The standard InChI is InChI=1S/C9H4Cl2FN/c10-6-4-5-2-1-3-7(12)8(5)13-9(6)11/h1-4H. The third-order valence-electron chi connectivity index (χ3n) is 1.71. The molecule has 0 atom stereocenters. The number of benzene rings is 1. The van der Waals surface area contributed by atoms with E-state index < -0.39 is 5.82 Å². The van der Waals surface area contributed by atoms with Gasteiger partial charge in [0.15, 0.2) is 0 Å². The summed E-state index contributed by atoms with van der Waals surface area (Å²) in [4.78, 5) is 3.83. The van der Waals surface area contributed by atoms with Gasteiger partial charge >= 0.3 is 0 Å². The zero-order chi connectivity index (χ0) is 9.42. The Kier molecular flexibility index (Phi) is 2.10. The SMILES string of the molecule is Fc1cccc2cc(Cl)c(Cl)nc12. The molecular weight excluding hydrogens is 212 g/mol. The molecule has 0 fully saturated rings. The number of pyridine rings is 1. The van der Waals surface area contributed by atoms with Crippen molar-refractivity contribution in [3.05, 3.63) is 40.3 Å². The molecular formula is C9H4Cl2FN. The van der Waals surface area contributed by atoms with Crippen LogP contribution in [0.2, 0.25) is 10.2 Å². The molecule has 2 aromatic rings. The maximum absolute atomic E-state index is 13.1. The molecule has 2 rings (SSSR count). The topological polar surface area (TPSA) is 12.9 Å². The molecule has 0 aliphatic rings. The molecule has 0 aliphatic heterocycles. The molecule has 0 unspecified atom stereocenters. The smallest absolute Gasteiger partial charge is 0.149 e. The summed E-state index contributed by atoms with van der Waals surface area (Å²) in [7, 11) is 0. The van der Waals surface area contributed by atoms with Gasteiger partial charge in [-0.05, 0) is 12.1 Å². The molecule has 0 N–H and O–H groups in total. The van der Waals surface area contributed by atoms with Gasteiger partial charge in [0, 0.05) is 5.39 Å². The van der Waals surface area contributed by atoms with Gasteiger partial charge in [-0.1, -0.05) is 35.3 Å². The molecule has 0 saturated carbocycles. The molecule has 1 nitrogen and oxygen atoms in total. The first kappa shape index (κ1) is 8.73. The Labute approximate surface area is 84.1 Å². The maximum atomic E-state index is 13.1. The highest BCUT2D eigenvalue weighted by atomic mass is 35.5. The number of hydrogen-bond donors (Lipinski definition) is 0. The van der Waals surface area contributed by atoms with E-state index in [2.05, 4.69) is 4.98 Å². The number of fused-ring (bicyclic) bond motifs is 1. The second kappa shape index (κ2) is 3.13. The molecule has 0 bridgehead atoms. The summed E-state index contributed by atoms with van der Waals surface area (Å²) in [6, 6.07) is 6.26. The molecule has 0 amide bonds. The van der Waals surface area contributed by atoms with Gasteiger partial charge in [-0.3, -0.25) is 0 Å². The maximum Gasteiger partial charge on any atom is 0.149 e. The van der Waals surface area contributed by atoms with E-state index >= 15 is 0 Å². The fourth-order valence-electron chi connectivity index (χ4n) is 1.11. The normalized spacial score (nSPS) is 10.7. The lowest BCUT2D eigenvalue weighted by Gasteiger charge is -2.00. The first-order chi connectivity index (χ1) is 6.18. The van der Waals surface area contributed by atoms with E-state index in [0.29, 0.717) is 10.4 Å². The van der Waals surface area contributed by atoms with E-state index in [-0.39, 0.29) is 10.7 Å². The van der Waals surface area contributed by atoms with Gasteiger partial charge in [0.05, 0.1) is 5.02 Å². The lowest BCUT2D eigenvalue weighted by atomic mass is 10.2. The minimum absolute atomic E-state index is 0.124. The van der Waals surface area contributed by atoms with Crippen LogP contribution in [0.25, 0.3) is 10.9 Å². The zero-order valence-electron chi connectivity index (χ0n) is 6.39. The van der Waals surface area contributed by atoms with Crippen LogP contribution in [0.1, 0.15) is 0 Å².